The lowest BCUT2D eigenvalue weighted by Gasteiger charge is -2.21. The van der Waals surface area contributed by atoms with Crippen LogP contribution >= 0.6 is 0 Å². The minimum atomic E-state index is 0.250. The third-order valence-corrected chi connectivity index (χ3v) is 2.54. The van der Waals surface area contributed by atoms with Crippen LogP contribution in [0.2, 0.25) is 0 Å². The van der Waals surface area contributed by atoms with E-state index in [0.717, 1.165) is 6.42 Å². The van der Waals surface area contributed by atoms with Crippen LogP contribution in [0.4, 0.5) is 0 Å². The highest BCUT2D eigenvalue weighted by atomic mass is 16.2. The molecule has 0 unspecified atom stereocenters. The van der Waals surface area contributed by atoms with Gasteiger partial charge in [0.2, 0.25) is 0 Å². The van der Waals surface area contributed by atoms with Crippen LogP contribution in [0, 0.1) is 11.8 Å². The number of fused-ring (bicyclic) bond motifs is 1. The van der Waals surface area contributed by atoms with Crippen LogP contribution in [0.3, 0.4) is 0 Å². The Morgan fingerprint density at radius 1 is 1.08 bits per heavy atom. The first-order valence-electron chi connectivity index (χ1n) is 4.75. The van der Waals surface area contributed by atoms with Gasteiger partial charge in [-0.1, -0.05) is 48.1 Å². The maximum Gasteiger partial charge on any atom is 0.0468 e. The van der Waals surface area contributed by atoms with E-state index in [-0.39, 0.29) is 6.61 Å². The summed E-state index contributed by atoms with van der Waals surface area (Å²) in [5.41, 5.74) is 1.34. The molecule has 0 aromatic rings. The third kappa shape index (κ3) is 1.81. The summed E-state index contributed by atoms with van der Waals surface area (Å²) in [5, 5.41) is 8.90. The molecule has 0 aliphatic heterocycles. The van der Waals surface area contributed by atoms with Crippen LogP contribution in [0.1, 0.15) is 6.42 Å². The van der Waals surface area contributed by atoms with E-state index in [0.29, 0.717) is 11.8 Å². The van der Waals surface area contributed by atoms with Crippen molar-refractivity contribution in [3.8, 4) is 0 Å². The number of hydrogen-bond acceptors (Lipinski definition) is 1. The molecular weight excluding hydrogens is 160 g/mol. The fourth-order valence-electron chi connectivity index (χ4n) is 1.85. The molecule has 0 saturated carbocycles. The zero-order valence-electron chi connectivity index (χ0n) is 7.56. The lowest BCUT2D eigenvalue weighted by Crippen LogP contribution is -2.08. The molecule has 13 heavy (non-hydrogen) atoms. The first kappa shape index (κ1) is 8.52. The summed E-state index contributed by atoms with van der Waals surface area (Å²) < 4.78 is 0. The maximum absolute atomic E-state index is 8.90. The van der Waals surface area contributed by atoms with Crippen LogP contribution < -0.4 is 0 Å². The van der Waals surface area contributed by atoms with Gasteiger partial charge in [-0.15, -0.1) is 0 Å². The lowest BCUT2D eigenvalue weighted by molar-refractivity contribution is 0.296. The molecule has 3 aliphatic carbocycles. The maximum atomic E-state index is 8.90. The first-order chi connectivity index (χ1) is 6.40. The van der Waals surface area contributed by atoms with Crippen LogP contribution in [-0.2, 0) is 0 Å². The van der Waals surface area contributed by atoms with Crippen molar-refractivity contribution < 1.29 is 5.11 Å². The van der Waals surface area contributed by atoms with E-state index in [2.05, 4.69) is 42.5 Å². The van der Waals surface area contributed by atoms with Crippen molar-refractivity contribution in [1.29, 1.82) is 0 Å². The Labute approximate surface area is 78.8 Å². The molecule has 3 aliphatic rings. The quantitative estimate of drug-likeness (QED) is 0.636. The van der Waals surface area contributed by atoms with E-state index in [1.807, 2.05) is 0 Å². The lowest BCUT2D eigenvalue weighted by atomic mass is 9.85. The van der Waals surface area contributed by atoms with Crippen LogP contribution in [-0.4, -0.2) is 11.7 Å². The van der Waals surface area contributed by atoms with Crippen molar-refractivity contribution >= 4 is 0 Å². The van der Waals surface area contributed by atoms with E-state index in [1.165, 1.54) is 5.57 Å². The predicted octanol–water partition coefficient (Wildman–Crippen LogP) is 2.22. The van der Waals surface area contributed by atoms with Gasteiger partial charge in [-0.2, -0.15) is 0 Å². The molecule has 1 N–H and O–H groups in total. The first-order valence-corrected chi connectivity index (χ1v) is 4.75. The molecule has 0 spiro atoms. The number of aliphatic hydroxyl groups is 1. The molecule has 2 atom stereocenters. The molecule has 2 bridgehead atoms. The van der Waals surface area contributed by atoms with Gasteiger partial charge in [-0.05, 0) is 6.42 Å². The Hall–Kier alpha value is -1.08. The van der Waals surface area contributed by atoms with Crippen LogP contribution in [0.5, 0.6) is 0 Å². The summed E-state index contributed by atoms with van der Waals surface area (Å²) in [6.45, 7) is 0.250. The SMILES string of the molecule is OCCC1=C[C@H]2C=C/C=C\[C@@H]1C=C2. The highest BCUT2D eigenvalue weighted by Gasteiger charge is 2.14. The molecule has 0 saturated heterocycles. The van der Waals surface area contributed by atoms with Crippen molar-refractivity contribution in [3.63, 3.8) is 0 Å². The molecule has 0 amide bonds. The van der Waals surface area contributed by atoms with Gasteiger partial charge < -0.3 is 5.11 Å². The molecule has 1 nitrogen and oxygen atoms in total. The predicted molar refractivity (Wildman–Crippen MR) is 54.2 cm³/mol. The van der Waals surface area contributed by atoms with Gasteiger partial charge in [0.15, 0.2) is 0 Å². The summed E-state index contributed by atoms with van der Waals surface area (Å²) >= 11 is 0. The van der Waals surface area contributed by atoms with E-state index in [4.69, 9.17) is 5.11 Å². The van der Waals surface area contributed by atoms with Crippen molar-refractivity contribution in [2.75, 3.05) is 6.61 Å². The van der Waals surface area contributed by atoms with Gasteiger partial charge in [0, 0.05) is 18.4 Å². The van der Waals surface area contributed by atoms with Gasteiger partial charge in [-0.25, -0.2) is 0 Å². The fourth-order valence-corrected chi connectivity index (χ4v) is 1.85. The fraction of sp³-hybridized carbons (Fsp3) is 0.333. The van der Waals surface area contributed by atoms with Gasteiger partial charge in [-0.3, -0.25) is 0 Å². The Kier molecular flexibility index (Phi) is 2.46. The summed E-state index contributed by atoms with van der Waals surface area (Å²) in [4.78, 5) is 0. The molecule has 3 rings (SSSR count). The standard InChI is InChI=1S/C12H14O/c13-8-7-12-9-10-3-1-2-4-11(12)6-5-10/h1-6,9-11,13H,7-8H2/b3-1?,4-2-/t10-,11+/m0/s1. The number of rotatable bonds is 2. The molecule has 68 valence electrons. The Balaban J connectivity index is 2.26. The summed E-state index contributed by atoms with van der Waals surface area (Å²) in [6, 6.07) is 0. The zero-order chi connectivity index (χ0) is 9.10. The molecule has 0 fully saturated rings. The summed E-state index contributed by atoms with van der Waals surface area (Å²) in [7, 11) is 0. The highest BCUT2D eigenvalue weighted by Crippen LogP contribution is 2.27. The van der Waals surface area contributed by atoms with Crippen molar-refractivity contribution in [3.05, 3.63) is 48.1 Å². The highest BCUT2D eigenvalue weighted by molar-refractivity contribution is 5.33. The van der Waals surface area contributed by atoms with Gasteiger partial charge in [0.1, 0.15) is 0 Å². The van der Waals surface area contributed by atoms with E-state index >= 15 is 0 Å². The second-order valence-electron chi connectivity index (χ2n) is 3.47. The molecule has 0 aromatic heterocycles. The second kappa shape index (κ2) is 3.75. The largest absolute Gasteiger partial charge is 0.396 e. The van der Waals surface area contributed by atoms with E-state index in [9.17, 15) is 0 Å². The van der Waals surface area contributed by atoms with E-state index < -0.39 is 0 Å². The summed E-state index contributed by atoms with van der Waals surface area (Å²) in [6.07, 6.45) is 16.0. The third-order valence-electron chi connectivity index (χ3n) is 2.54. The number of aliphatic hydroxyl groups excluding tert-OH is 1. The van der Waals surface area contributed by atoms with Gasteiger partial charge >= 0.3 is 0 Å². The topological polar surface area (TPSA) is 20.2 Å². The molecule has 1 heteroatoms. The number of allylic oxidation sites excluding steroid dienone is 7. The Morgan fingerprint density at radius 3 is 2.77 bits per heavy atom. The van der Waals surface area contributed by atoms with Gasteiger partial charge in [0.05, 0.1) is 0 Å². The number of hydrogen-bond donors (Lipinski definition) is 1. The van der Waals surface area contributed by atoms with Crippen LogP contribution in [0.25, 0.3) is 0 Å². The molecular formula is C12H14O. The average Bonchev–Trinajstić information content (AvgIpc) is 2.08. The van der Waals surface area contributed by atoms with Crippen LogP contribution in [0.15, 0.2) is 48.1 Å². The van der Waals surface area contributed by atoms with Crippen molar-refractivity contribution in [1.82, 2.24) is 0 Å². The van der Waals surface area contributed by atoms with Crippen molar-refractivity contribution in [2.45, 2.75) is 6.42 Å². The Bertz CT molecular complexity index is 294. The average molecular weight is 174 g/mol. The smallest absolute Gasteiger partial charge is 0.0468 e. The molecule has 0 aromatic carbocycles. The minimum Gasteiger partial charge on any atom is -0.396 e. The monoisotopic (exact) mass is 174 g/mol. The summed E-state index contributed by atoms with van der Waals surface area (Å²) in [5.74, 6) is 0.844. The Morgan fingerprint density at radius 2 is 1.92 bits per heavy atom. The molecule has 0 radical (unpaired) electrons. The zero-order valence-corrected chi connectivity index (χ0v) is 7.56. The second-order valence-corrected chi connectivity index (χ2v) is 3.47. The van der Waals surface area contributed by atoms with Gasteiger partial charge in [0.25, 0.3) is 0 Å². The van der Waals surface area contributed by atoms with E-state index in [1.54, 1.807) is 0 Å². The van der Waals surface area contributed by atoms with Crippen molar-refractivity contribution in [2.24, 2.45) is 11.8 Å². The minimum absolute atomic E-state index is 0.250. The normalized spacial score (nSPS) is 32.5. The molecule has 0 heterocycles.